The minimum absolute atomic E-state index is 0.628. The van der Waals surface area contributed by atoms with Gasteiger partial charge in [0.1, 0.15) is 11.5 Å². The predicted octanol–water partition coefficient (Wildman–Crippen LogP) is 4.26. The van der Waals surface area contributed by atoms with Crippen molar-refractivity contribution in [2.45, 2.75) is 47.1 Å². The zero-order valence-electron chi connectivity index (χ0n) is 14.2. The van der Waals surface area contributed by atoms with E-state index in [0.717, 1.165) is 44.0 Å². The van der Waals surface area contributed by atoms with Gasteiger partial charge >= 0.3 is 0 Å². The summed E-state index contributed by atoms with van der Waals surface area (Å²) >= 11 is 0. The molecule has 0 unspecified atom stereocenters. The monoisotopic (exact) mass is 293 g/mol. The van der Waals surface area contributed by atoms with Gasteiger partial charge in [-0.2, -0.15) is 0 Å². The average Bonchev–Trinajstić information content (AvgIpc) is 2.48. The summed E-state index contributed by atoms with van der Waals surface area (Å²) in [4.78, 5) is 0. The molecule has 0 saturated heterocycles. The molecule has 0 fully saturated rings. The highest BCUT2D eigenvalue weighted by Gasteiger charge is 2.09. The van der Waals surface area contributed by atoms with Crippen LogP contribution in [-0.4, -0.2) is 20.3 Å². The Hall–Kier alpha value is -1.22. The van der Waals surface area contributed by atoms with E-state index in [2.05, 4.69) is 39.1 Å². The van der Waals surface area contributed by atoms with Crippen LogP contribution in [0.15, 0.2) is 18.2 Å². The molecule has 0 aliphatic rings. The van der Waals surface area contributed by atoms with Crippen molar-refractivity contribution in [3.63, 3.8) is 0 Å². The Morgan fingerprint density at radius 1 is 1.14 bits per heavy atom. The zero-order chi connectivity index (χ0) is 15.7. The fraction of sp³-hybridized carbons (Fsp3) is 0.667. The Kier molecular flexibility index (Phi) is 8.21. The van der Waals surface area contributed by atoms with Gasteiger partial charge in [-0.1, -0.05) is 40.5 Å². The molecule has 0 saturated carbocycles. The molecule has 0 spiro atoms. The van der Waals surface area contributed by atoms with E-state index in [-0.39, 0.29) is 0 Å². The number of hydrogen-bond acceptors (Lipinski definition) is 3. The molecule has 1 rings (SSSR count). The van der Waals surface area contributed by atoms with Crippen LogP contribution in [0.3, 0.4) is 0 Å². The third-order valence-corrected chi connectivity index (χ3v) is 3.76. The first-order valence-corrected chi connectivity index (χ1v) is 8.11. The molecule has 3 nitrogen and oxygen atoms in total. The van der Waals surface area contributed by atoms with Gasteiger partial charge in [0.05, 0.1) is 13.7 Å². The van der Waals surface area contributed by atoms with Gasteiger partial charge in [0.2, 0.25) is 0 Å². The van der Waals surface area contributed by atoms with Crippen molar-refractivity contribution in [1.29, 1.82) is 0 Å². The maximum Gasteiger partial charge on any atom is 0.124 e. The van der Waals surface area contributed by atoms with E-state index < -0.39 is 0 Å². The van der Waals surface area contributed by atoms with E-state index in [1.807, 2.05) is 12.1 Å². The summed E-state index contributed by atoms with van der Waals surface area (Å²) in [5.41, 5.74) is 1.17. The van der Waals surface area contributed by atoms with Crippen LogP contribution in [0.2, 0.25) is 0 Å². The van der Waals surface area contributed by atoms with Crippen LogP contribution in [0.5, 0.6) is 11.5 Å². The van der Waals surface area contributed by atoms with Crippen molar-refractivity contribution < 1.29 is 9.47 Å². The summed E-state index contributed by atoms with van der Waals surface area (Å²) in [6.07, 6.45) is 2.32. The molecule has 0 aromatic heterocycles. The molecule has 1 N–H and O–H groups in total. The van der Waals surface area contributed by atoms with Crippen LogP contribution >= 0.6 is 0 Å². The molecule has 0 atom stereocenters. The fourth-order valence-electron chi connectivity index (χ4n) is 2.19. The first kappa shape index (κ1) is 17.8. The summed E-state index contributed by atoms with van der Waals surface area (Å²) < 4.78 is 11.4. The Morgan fingerprint density at radius 2 is 1.86 bits per heavy atom. The number of ether oxygens (including phenoxy) is 2. The van der Waals surface area contributed by atoms with Crippen LogP contribution < -0.4 is 14.8 Å². The van der Waals surface area contributed by atoms with Crippen molar-refractivity contribution in [3.8, 4) is 11.5 Å². The number of rotatable bonds is 10. The maximum atomic E-state index is 6.04. The predicted molar refractivity (Wildman–Crippen MR) is 89.1 cm³/mol. The molecule has 21 heavy (non-hydrogen) atoms. The van der Waals surface area contributed by atoms with E-state index in [4.69, 9.17) is 9.47 Å². The summed E-state index contributed by atoms with van der Waals surface area (Å²) in [5, 5.41) is 3.47. The third-order valence-electron chi connectivity index (χ3n) is 3.76. The van der Waals surface area contributed by atoms with E-state index >= 15 is 0 Å². The molecule has 0 amide bonds. The van der Waals surface area contributed by atoms with Crippen molar-refractivity contribution in [2.24, 2.45) is 11.8 Å². The highest BCUT2D eigenvalue weighted by Crippen LogP contribution is 2.25. The van der Waals surface area contributed by atoms with Gasteiger partial charge in [0.15, 0.2) is 0 Å². The second-order valence-electron chi connectivity index (χ2n) is 5.99. The quantitative estimate of drug-likeness (QED) is 0.699. The Labute approximate surface area is 130 Å². The molecule has 1 aromatic carbocycles. The largest absolute Gasteiger partial charge is 0.497 e. The van der Waals surface area contributed by atoms with Crippen LogP contribution in [-0.2, 0) is 6.54 Å². The Morgan fingerprint density at radius 3 is 2.43 bits per heavy atom. The molecule has 3 heteroatoms. The molecule has 0 aliphatic carbocycles. The number of benzene rings is 1. The minimum Gasteiger partial charge on any atom is -0.497 e. The molecule has 1 aromatic rings. The van der Waals surface area contributed by atoms with Gasteiger partial charge in [-0.3, -0.25) is 0 Å². The molecular weight excluding hydrogens is 262 g/mol. The van der Waals surface area contributed by atoms with Gasteiger partial charge in [-0.05, 0) is 36.6 Å². The van der Waals surface area contributed by atoms with Crippen LogP contribution in [0.1, 0.15) is 46.1 Å². The van der Waals surface area contributed by atoms with Gasteiger partial charge in [-0.15, -0.1) is 0 Å². The Bertz CT molecular complexity index is 400. The van der Waals surface area contributed by atoms with Gasteiger partial charge in [0.25, 0.3) is 0 Å². The van der Waals surface area contributed by atoms with Crippen LogP contribution in [0.25, 0.3) is 0 Å². The summed E-state index contributed by atoms with van der Waals surface area (Å²) in [6.45, 7) is 11.5. The highest BCUT2D eigenvalue weighted by molar-refractivity contribution is 5.40. The standard InChI is InChI=1S/C18H31NO2/c1-6-15(7-2)13-21-18-9-8-17(20-5)10-16(18)12-19-11-14(3)4/h8-10,14-15,19H,6-7,11-13H2,1-5H3. The second-order valence-corrected chi connectivity index (χ2v) is 5.99. The van der Waals surface area contributed by atoms with E-state index in [0.29, 0.717) is 11.8 Å². The number of nitrogens with one attached hydrogen (secondary N) is 1. The first-order valence-electron chi connectivity index (χ1n) is 8.11. The maximum absolute atomic E-state index is 6.04. The van der Waals surface area contributed by atoms with Crippen LogP contribution in [0.4, 0.5) is 0 Å². The molecule has 0 bridgehead atoms. The zero-order valence-corrected chi connectivity index (χ0v) is 14.2. The lowest BCUT2D eigenvalue weighted by Gasteiger charge is -2.17. The molecule has 0 aliphatic heterocycles. The number of methoxy groups -OCH3 is 1. The lowest BCUT2D eigenvalue weighted by atomic mass is 10.1. The summed E-state index contributed by atoms with van der Waals surface area (Å²) in [5.74, 6) is 3.12. The van der Waals surface area contributed by atoms with Gasteiger partial charge in [0, 0.05) is 12.1 Å². The van der Waals surface area contributed by atoms with Crippen molar-refractivity contribution in [2.75, 3.05) is 20.3 Å². The lowest BCUT2D eigenvalue weighted by Crippen LogP contribution is -2.20. The molecular formula is C18H31NO2. The van der Waals surface area contributed by atoms with E-state index in [1.54, 1.807) is 7.11 Å². The molecule has 120 valence electrons. The topological polar surface area (TPSA) is 30.5 Å². The molecule has 0 heterocycles. The smallest absolute Gasteiger partial charge is 0.124 e. The van der Waals surface area contributed by atoms with Gasteiger partial charge in [-0.25, -0.2) is 0 Å². The Balaban J connectivity index is 2.71. The van der Waals surface area contributed by atoms with E-state index in [9.17, 15) is 0 Å². The normalized spacial score (nSPS) is 11.2. The highest BCUT2D eigenvalue weighted by atomic mass is 16.5. The van der Waals surface area contributed by atoms with E-state index in [1.165, 1.54) is 5.56 Å². The van der Waals surface area contributed by atoms with Crippen molar-refractivity contribution in [1.82, 2.24) is 5.32 Å². The second kappa shape index (κ2) is 9.67. The number of hydrogen-bond donors (Lipinski definition) is 1. The molecule has 0 radical (unpaired) electrons. The van der Waals surface area contributed by atoms with Crippen molar-refractivity contribution >= 4 is 0 Å². The van der Waals surface area contributed by atoms with Gasteiger partial charge < -0.3 is 14.8 Å². The third kappa shape index (κ3) is 6.38. The van der Waals surface area contributed by atoms with Crippen molar-refractivity contribution in [3.05, 3.63) is 23.8 Å². The fourth-order valence-corrected chi connectivity index (χ4v) is 2.19. The summed E-state index contributed by atoms with van der Waals surface area (Å²) in [7, 11) is 1.70. The SMILES string of the molecule is CCC(CC)COc1ccc(OC)cc1CNCC(C)C. The van der Waals surface area contributed by atoms with Crippen LogP contribution in [0, 0.1) is 11.8 Å². The average molecular weight is 293 g/mol. The minimum atomic E-state index is 0.628. The first-order chi connectivity index (χ1) is 10.1. The summed E-state index contributed by atoms with van der Waals surface area (Å²) in [6, 6.07) is 6.05. The lowest BCUT2D eigenvalue weighted by molar-refractivity contribution is 0.238.